The zero-order chi connectivity index (χ0) is 24.1. The van der Waals surface area contributed by atoms with Crippen LogP contribution in [-0.2, 0) is 11.3 Å². The lowest BCUT2D eigenvalue weighted by molar-refractivity contribution is -0.116. The number of carbonyl (C=O) groups is 1. The third-order valence-corrected chi connectivity index (χ3v) is 6.34. The molecule has 0 spiro atoms. The van der Waals surface area contributed by atoms with Crippen molar-refractivity contribution in [1.82, 2.24) is 5.32 Å². The predicted octanol–water partition coefficient (Wildman–Crippen LogP) is 6.30. The normalized spacial score (nSPS) is 11.5. The van der Waals surface area contributed by atoms with Gasteiger partial charge >= 0.3 is 0 Å². The molecule has 0 bridgehead atoms. The number of hydrogen-bond donors (Lipinski definition) is 1. The number of allylic oxidation sites excluding steroid dienone is 1. The van der Waals surface area contributed by atoms with Crippen LogP contribution in [-0.4, -0.2) is 26.7 Å². The summed E-state index contributed by atoms with van der Waals surface area (Å²) in [6.45, 7) is 4.84. The van der Waals surface area contributed by atoms with Gasteiger partial charge in [-0.15, -0.1) is 11.3 Å². The summed E-state index contributed by atoms with van der Waals surface area (Å²) >= 11 is 1.61. The highest BCUT2D eigenvalue weighted by molar-refractivity contribution is 7.09. The SMILES string of the molecule is CCOc1cc2occ(-c3ccc(OC)c(OC)c3)c2cc1/C(C)=C/C(=O)NCc1cccs1. The lowest BCUT2D eigenvalue weighted by Crippen LogP contribution is -2.20. The van der Waals surface area contributed by atoms with Gasteiger partial charge in [0.25, 0.3) is 0 Å². The van der Waals surface area contributed by atoms with Crippen LogP contribution in [0.5, 0.6) is 17.2 Å². The fraction of sp³-hybridized carbons (Fsp3) is 0.222. The Morgan fingerprint density at radius 3 is 2.62 bits per heavy atom. The Morgan fingerprint density at radius 1 is 1.09 bits per heavy atom. The fourth-order valence-electron chi connectivity index (χ4n) is 3.78. The molecule has 0 aliphatic carbocycles. The van der Waals surface area contributed by atoms with E-state index in [1.54, 1.807) is 37.9 Å². The number of hydrogen-bond acceptors (Lipinski definition) is 6. The summed E-state index contributed by atoms with van der Waals surface area (Å²) in [5, 5.41) is 5.85. The number of benzene rings is 2. The highest BCUT2D eigenvalue weighted by Gasteiger charge is 2.16. The van der Waals surface area contributed by atoms with Crippen LogP contribution in [0.1, 0.15) is 24.3 Å². The van der Waals surface area contributed by atoms with Crippen molar-refractivity contribution in [2.45, 2.75) is 20.4 Å². The minimum atomic E-state index is -0.152. The van der Waals surface area contributed by atoms with Crippen LogP contribution in [0.15, 0.2) is 64.6 Å². The van der Waals surface area contributed by atoms with E-state index in [-0.39, 0.29) is 5.91 Å². The second kappa shape index (κ2) is 10.5. The van der Waals surface area contributed by atoms with Crippen molar-refractivity contribution < 1.29 is 23.4 Å². The Morgan fingerprint density at radius 2 is 1.91 bits per heavy atom. The average molecular weight is 478 g/mol. The van der Waals surface area contributed by atoms with Crippen molar-refractivity contribution in [1.29, 1.82) is 0 Å². The molecule has 6 nitrogen and oxygen atoms in total. The van der Waals surface area contributed by atoms with E-state index in [0.717, 1.165) is 32.5 Å². The number of thiophene rings is 1. The zero-order valence-electron chi connectivity index (χ0n) is 19.6. The van der Waals surface area contributed by atoms with Crippen LogP contribution in [0.25, 0.3) is 27.7 Å². The van der Waals surface area contributed by atoms with E-state index >= 15 is 0 Å². The minimum Gasteiger partial charge on any atom is -0.493 e. The molecule has 1 N–H and O–H groups in total. The quantitative estimate of drug-likeness (QED) is 0.287. The Bertz CT molecular complexity index is 1320. The van der Waals surface area contributed by atoms with Crippen molar-refractivity contribution in [2.75, 3.05) is 20.8 Å². The number of carbonyl (C=O) groups excluding carboxylic acids is 1. The van der Waals surface area contributed by atoms with Gasteiger partial charge in [0.15, 0.2) is 11.5 Å². The fourth-order valence-corrected chi connectivity index (χ4v) is 4.42. The minimum absolute atomic E-state index is 0.152. The molecular formula is C27H27NO5S. The first-order valence-corrected chi connectivity index (χ1v) is 11.8. The van der Waals surface area contributed by atoms with Crippen molar-refractivity contribution in [3.05, 3.63) is 70.6 Å². The lowest BCUT2D eigenvalue weighted by Gasteiger charge is -2.12. The molecule has 0 aliphatic heterocycles. The van der Waals surface area contributed by atoms with Crippen LogP contribution >= 0.6 is 11.3 Å². The van der Waals surface area contributed by atoms with Gasteiger partial charge in [0.1, 0.15) is 11.3 Å². The summed E-state index contributed by atoms with van der Waals surface area (Å²) in [4.78, 5) is 13.7. The molecule has 0 saturated heterocycles. The molecular weight excluding hydrogens is 450 g/mol. The smallest absolute Gasteiger partial charge is 0.244 e. The van der Waals surface area contributed by atoms with E-state index in [1.807, 2.05) is 61.7 Å². The molecule has 2 aromatic heterocycles. The Kier molecular flexibility index (Phi) is 7.23. The number of amides is 1. The molecule has 0 saturated carbocycles. The van der Waals surface area contributed by atoms with E-state index in [1.165, 1.54) is 0 Å². The zero-order valence-corrected chi connectivity index (χ0v) is 20.5. The molecule has 0 radical (unpaired) electrons. The first kappa shape index (κ1) is 23.4. The molecule has 7 heteroatoms. The molecule has 34 heavy (non-hydrogen) atoms. The summed E-state index contributed by atoms with van der Waals surface area (Å²) in [7, 11) is 3.22. The third kappa shape index (κ3) is 4.94. The van der Waals surface area contributed by atoms with Gasteiger partial charge < -0.3 is 23.9 Å². The first-order chi connectivity index (χ1) is 16.5. The number of fused-ring (bicyclic) bond motifs is 1. The second-order valence-electron chi connectivity index (χ2n) is 7.62. The van der Waals surface area contributed by atoms with Crippen LogP contribution < -0.4 is 19.5 Å². The standard InChI is InChI=1S/C27H27NO5S/c1-5-32-24-14-25-21(22(16-33-25)18-8-9-23(30-3)26(12-18)31-4)13-20(24)17(2)11-27(29)28-15-19-7-6-10-34-19/h6-14,16H,5,15H2,1-4H3,(H,28,29)/b17-11+. The largest absolute Gasteiger partial charge is 0.493 e. The van der Waals surface area contributed by atoms with E-state index < -0.39 is 0 Å². The van der Waals surface area contributed by atoms with E-state index in [0.29, 0.717) is 36.0 Å². The van der Waals surface area contributed by atoms with Gasteiger partial charge in [-0.25, -0.2) is 0 Å². The van der Waals surface area contributed by atoms with Crippen LogP contribution in [0.4, 0.5) is 0 Å². The monoisotopic (exact) mass is 477 g/mol. The maximum atomic E-state index is 12.6. The Hall–Kier alpha value is -3.71. The number of methoxy groups -OCH3 is 2. The molecule has 4 rings (SSSR count). The van der Waals surface area contributed by atoms with E-state index in [9.17, 15) is 4.79 Å². The van der Waals surface area contributed by atoms with Gasteiger partial charge in [-0.3, -0.25) is 4.79 Å². The van der Waals surface area contributed by atoms with Gasteiger partial charge in [-0.05, 0) is 54.6 Å². The number of rotatable bonds is 9. The van der Waals surface area contributed by atoms with E-state index in [2.05, 4.69) is 5.32 Å². The van der Waals surface area contributed by atoms with Crippen molar-refractivity contribution in [2.24, 2.45) is 0 Å². The summed E-state index contributed by atoms with van der Waals surface area (Å²) < 4.78 is 22.6. The highest BCUT2D eigenvalue weighted by Crippen LogP contribution is 2.40. The summed E-state index contributed by atoms with van der Waals surface area (Å²) in [5.41, 5.74) is 4.18. The summed E-state index contributed by atoms with van der Waals surface area (Å²) in [5.74, 6) is 1.81. The third-order valence-electron chi connectivity index (χ3n) is 5.46. The number of nitrogens with one attached hydrogen (secondary N) is 1. The second-order valence-corrected chi connectivity index (χ2v) is 8.65. The van der Waals surface area contributed by atoms with Gasteiger partial charge in [-0.1, -0.05) is 12.1 Å². The number of ether oxygens (including phenoxy) is 3. The maximum Gasteiger partial charge on any atom is 0.244 e. The average Bonchev–Trinajstić information content (AvgIpc) is 3.51. The molecule has 0 atom stereocenters. The molecule has 0 fully saturated rings. The molecule has 4 aromatic rings. The van der Waals surface area contributed by atoms with Crippen molar-refractivity contribution in [3.8, 4) is 28.4 Å². The van der Waals surface area contributed by atoms with Crippen LogP contribution in [0.2, 0.25) is 0 Å². The van der Waals surface area contributed by atoms with Gasteiger partial charge in [0, 0.05) is 33.5 Å². The van der Waals surface area contributed by atoms with Gasteiger partial charge in [0.05, 0.1) is 33.6 Å². The van der Waals surface area contributed by atoms with Gasteiger partial charge in [0.2, 0.25) is 5.91 Å². The molecule has 1 amide bonds. The molecule has 2 aromatic carbocycles. The maximum absolute atomic E-state index is 12.6. The van der Waals surface area contributed by atoms with Crippen LogP contribution in [0, 0.1) is 0 Å². The molecule has 0 aliphatic rings. The molecule has 176 valence electrons. The molecule has 0 unspecified atom stereocenters. The summed E-state index contributed by atoms with van der Waals surface area (Å²) in [6, 6.07) is 13.6. The number of furan rings is 1. The van der Waals surface area contributed by atoms with Crippen molar-refractivity contribution >= 4 is 33.8 Å². The lowest BCUT2D eigenvalue weighted by atomic mass is 9.99. The van der Waals surface area contributed by atoms with E-state index in [4.69, 9.17) is 18.6 Å². The first-order valence-electron chi connectivity index (χ1n) is 10.9. The summed E-state index contributed by atoms with van der Waals surface area (Å²) in [6.07, 6.45) is 3.33. The highest BCUT2D eigenvalue weighted by atomic mass is 32.1. The van der Waals surface area contributed by atoms with Crippen molar-refractivity contribution in [3.63, 3.8) is 0 Å². The predicted molar refractivity (Wildman–Crippen MR) is 136 cm³/mol. The topological polar surface area (TPSA) is 69.9 Å². The van der Waals surface area contributed by atoms with Crippen LogP contribution in [0.3, 0.4) is 0 Å². The Labute approximate surface area is 202 Å². The molecule has 2 heterocycles. The van der Waals surface area contributed by atoms with Gasteiger partial charge in [-0.2, -0.15) is 0 Å². The Balaban J connectivity index is 1.71.